The minimum absolute atomic E-state index is 1.06. The molecular weight excluding hydrogens is 258 g/mol. The Hall–Kier alpha value is -2.16. The van der Waals surface area contributed by atoms with Crippen LogP contribution in [0.4, 0.5) is 0 Å². The van der Waals surface area contributed by atoms with E-state index in [-0.39, 0.29) is 0 Å². The molecule has 0 N–H and O–H groups in total. The molecule has 2 aromatic heterocycles. The van der Waals surface area contributed by atoms with Crippen LogP contribution in [0.1, 0.15) is 25.4 Å². The van der Waals surface area contributed by atoms with Gasteiger partial charge in [0.25, 0.3) is 5.82 Å². The summed E-state index contributed by atoms with van der Waals surface area (Å²) in [5.41, 5.74) is 2.47. The molecule has 3 nitrogen and oxygen atoms in total. The number of benzene rings is 1. The zero-order valence-electron chi connectivity index (χ0n) is 13.4. The van der Waals surface area contributed by atoms with Crippen LogP contribution in [0.3, 0.4) is 0 Å². The molecule has 0 aliphatic rings. The van der Waals surface area contributed by atoms with Gasteiger partial charge in [-0.3, -0.25) is 4.98 Å². The van der Waals surface area contributed by atoms with Crippen molar-refractivity contribution in [3.63, 3.8) is 0 Å². The predicted octanol–water partition coefficient (Wildman–Crippen LogP) is 3.21. The number of hydrogen-bond acceptors (Lipinski definition) is 1. The Morgan fingerprint density at radius 3 is 2.33 bits per heavy atom. The molecule has 0 atom stereocenters. The number of hydrogen-bond donors (Lipinski definition) is 0. The molecule has 3 heteroatoms. The second-order valence-corrected chi connectivity index (χ2v) is 5.11. The van der Waals surface area contributed by atoms with Crippen LogP contribution < -0.4 is 4.57 Å². The van der Waals surface area contributed by atoms with Gasteiger partial charge in [0.1, 0.15) is 11.9 Å². The van der Waals surface area contributed by atoms with Gasteiger partial charge in [0.05, 0.1) is 19.6 Å². The summed E-state index contributed by atoms with van der Waals surface area (Å²) in [7, 11) is 4.25. The topological polar surface area (TPSA) is 21.7 Å². The lowest BCUT2D eigenvalue weighted by Crippen LogP contribution is -2.31. The molecule has 2 heterocycles. The lowest BCUT2D eigenvalue weighted by atomic mass is 10.2. The molecular formula is C18H24N3+. The number of fused-ring (bicyclic) bond motifs is 1. The summed E-state index contributed by atoms with van der Waals surface area (Å²) in [5.74, 6) is 1.39. The molecule has 0 spiro atoms. The van der Waals surface area contributed by atoms with Crippen molar-refractivity contribution in [3.05, 3.63) is 60.3 Å². The number of rotatable bonds is 2. The van der Waals surface area contributed by atoms with E-state index in [0.29, 0.717) is 0 Å². The summed E-state index contributed by atoms with van der Waals surface area (Å²) in [5, 5.41) is 1.20. The largest absolute Gasteiger partial charge is 0.256 e. The maximum atomic E-state index is 4.18. The van der Waals surface area contributed by atoms with E-state index in [9.17, 15) is 0 Å². The smallest absolute Gasteiger partial charge is 0.255 e. The van der Waals surface area contributed by atoms with Gasteiger partial charge >= 0.3 is 0 Å². The highest BCUT2D eigenvalue weighted by atomic mass is 15.1. The Labute approximate surface area is 126 Å². The van der Waals surface area contributed by atoms with Gasteiger partial charge in [-0.2, -0.15) is 0 Å². The lowest BCUT2D eigenvalue weighted by molar-refractivity contribution is -0.678. The number of para-hydroxylation sites is 1. The van der Waals surface area contributed by atoms with E-state index in [0.717, 1.165) is 18.4 Å². The molecule has 0 aliphatic heterocycles. The monoisotopic (exact) mass is 282 g/mol. The summed E-state index contributed by atoms with van der Waals surface area (Å²) in [6.45, 7) is 4.38. The molecule has 3 aromatic rings. The van der Waals surface area contributed by atoms with Crippen LogP contribution in [-0.2, 0) is 26.9 Å². The van der Waals surface area contributed by atoms with Gasteiger partial charge < -0.3 is 0 Å². The van der Waals surface area contributed by atoms with Crippen molar-refractivity contribution < 1.29 is 4.57 Å². The van der Waals surface area contributed by atoms with Crippen molar-refractivity contribution in [3.8, 4) is 0 Å². The van der Waals surface area contributed by atoms with Crippen molar-refractivity contribution in [2.75, 3.05) is 0 Å². The quantitative estimate of drug-likeness (QED) is 0.661. The van der Waals surface area contributed by atoms with Crippen molar-refractivity contribution in [2.24, 2.45) is 14.1 Å². The second-order valence-electron chi connectivity index (χ2n) is 5.11. The molecule has 0 radical (unpaired) electrons. The van der Waals surface area contributed by atoms with Crippen LogP contribution in [0.25, 0.3) is 10.9 Å². The first kappa shape index (κ1) is 15.2. The highest BCUT2D eigenvalue weighted by Gasteiger charge is 2.13. The van der Waals surface area contributed by atoms with Gasteiger partial charge in [-0.15, -0.1) is 0 Å². The summed E-state index contributed by atoms with van der Waals surface area (Å²) >= 11 is 0. The van der Waals surface area contributed by atoms with Crippen LogP contribution in [0, 0.1) is 0 Å². The molecule has 0 fully saturated rings. The number of imidazole rings is 1. The minimum Gasteiger partial charge on any atom is -0.256 e. The Morgan fingerprint density at radius 1 is 1.05 bits per heavy atom. The van der Waals surface area contributed by atoms with Gasteiger partial charge in [0.2, 0.25) is 0 Å². The lowest BCUT2D eigenvalue weighted by Gasteiger charge is -1.93. The number of nitrogens with zero attached hydrogens (tertiary/aromatic N) is 3. The molecule has 1 aromatic carbocycles. The van der Waals surface area contributed by atoms with Gasteiger partial charge in [0.15, 0.2) is 0 Å². The third-order valence-corrected chi connectivity index (χ3v) is 3.76. The zero-order chi connectivity index (χ0) is 15.2. The van der Waals surface area contributed by atoms with E-state index in [2.05, 4.69) is 60.4 Å². The fraction of sp³-hybridized carbons (Fsp3) is 0.333. The third kappa shape index (κ3) is 3.48. The van der Waals surface area contributed by atoms with E-state index in [1.165, 1.54) is 16.9 Å². The zero-order valence-corrected chi connectivity index (χ0v) is 13.4. The third-order valence-electron chi connectivity index (χ3n) is 3.76. The second kappa shape index (κ2) is 7.02. The van der Waals surface area contributed by atoms with E-state index >= 15 is 0 Å². The Morgan fingerprint density at radius 2 is 1.76 bits per heavy atom. The first-order valence-corrected chi connectivity index (χ1v) is 7.50. The normalized spacial score (nSPS) is 10.3. The van der Waals surface area contributed by atoms with Crippen LogP contribution in [0.15, 0.2) is 48.8 Å². The summed E-state index contributed by atoms with van der Waals surface area (Å²) in [6.07, 6.45) is 6.23. The van der Waals surface area contributed by atoms with Crippen LogP contribution in [-0.4, -0.2) is 9.55 Å². The van der Waals surface area contributed by atoms with E-state index in [1.54, 1.807) is 0 Å². The van der Waals surface area contributed by atoms with E-state index < -0.39 is 0 Å². The fourth-order valence-corrected chi connectivity index (χ4v) is 2.62. The number of aromatic nitrogens is 3. The van der Waals surface area contributed by atoms with Crippen molar-refractivity contribution in [1.29, 1.82) is 0 Å². The van der Waals surface area contributed by atoms with E-state index in [4.69, 9.17) is 0 Å². The minimum atomic E-state index is 1.06. The van der Waals surface area contributed by atoms with Gasteiger partial charge in [0, 0.05) is 24.4 Å². The Bertz CT molecular complexity index is 648. The van der Waals surface area contributed by atoms with Crippen molar-refractivity contribution >= 4 is 10.9 Å². The summed E-state index contributed by atoms with van der Waals surface area (Å²) in [6, 6.07) is 12.1. The molecule has 21 heavy (non-hydrogen) atoms. The molecule has 110 valence electrons. The number of pyridine rings is 1. The molecule has 0 amide bonds. The maximum absolute atomic E-state index is 4.18. The highest BCUT2D eigenvalue weighted by Crippen LogP contribution is 2.07. The van der Waals surface area contributed by atoms with Crippen LogP contribution in [0.5, 0.6) is 0 Å². The van der Waals surface area contributed by atoms with Gasteiger partial charge in [-0.25, -0.2) is 9.13 Å². The molecule has 3 rings (SSSR count). The predicted molar refractivity (Wildman–Crippen MR) is 87.1 cm³/mol. The summed E-state index contributed by atoms with van der Waals surface area (Å²) < 4.78 is 4.48. The van der Waals surface area contributed by atoms with Crippen LogP contribution in [0.2, 0.25) is 0 Å². The van der Waals surface area contributed by atoms with Crippen molar-refractivity contribution in [2.45, 2.75) is 26.7 Å². The van der Waals surface area contributed by atoms with Crippen LogP contribution >= 0.6 is 0 Å². The average molecular weight is 282 g/mol. The van der Waals surface area contributed by atoms with Gasteiger partial charge in [-0.05, 0) is 12.1 Å². The standard InChI is InChI=1S/C9H17N2.C9H7N/c1-5-8-7-10(3)9(6-2)11(8)4;1-2-6-9-8(4-1)5-3-7-10-9/h7H,5-6H2,1-4H3;1-7H/q+1;. The molecule has 0 bridgehead atoms. The highest BCUT2D eigenvalue weighted by molar-refractivity contribution is 5.77. The first-order valence-electron chi connectivity index (χ1n) is 7.50. The molecule has 0 aliphatic carbocycles. The van der Waals surface area contributed by atoms with Gasteiger partial charge in [-0.1, -0.05) is 38.1 Å². The number of aryl methyl sites for hydroxylation is 2. The molecule has 0 saturated heterocycles. The van der Waals surface area contributed by atoms with Crippen molar-refractivity contribution in [1.82, 2.24) is 9.55 Å². The van der Waals surface area contributed by atoms with E-state index in [1.807, 2.05) is 30.5 Å². The molecule has 0 saturated carbocycles. The maximum Gasteiger partial charge on any atom is 0.255 e. The Balaban J connectivity index is 0.000000154. The SMILES string of the molecule is CCc1c[n+](C)c(CC)n1C.c1ccc2ncccc2c1. The first-order chi connectivity index (χ1) is 10.2. The summed E-state index contributed by atoms with van der Waals surface area (Å²) in [4.78, 5) is 4.18. The fourth-order valence-electron chi connectivity index (χ4n) is 2.62. The Kier molecular flexibility index (Phi) is 5.09. The average Bonchev–Trinajstić information content (AvgIpc) is 2.81. The molecule has 0 unspecified atom stereocenters.